The molecule has 1 unspecified atom stereocenters. The average molecular weight is 263 g/mol. The molecule has 0 aliphatic heterocycles. The lowest BCUT2D eigenvalue weighted by molar-refractivity contribution is -0.131. The average Bonchev–Trinajstić information content (AvgIpc) is 2.42. The summed E-state index contributed by atoms with van der Waals surface area (Å²) in [6.45, 7) is 8.22. The lowest BCUT2D eigenvalue weighted by atomic mass is 10.1. The molecule has 19 heavy (non-hydrogen) atoms. The molecule has 5 heteroatoms. The van der Waals surface area contributed by atoms with Crippen LogP contribution in [0.5, 0.6) is 0 Å². The molecular formula is C14H21N3O2. The molecule has 0 amide bonds. The fourth-order valence-electron chi connectivity index (χ4n) is 1.61. The Bertz CT molecular complexity index is 429. The first-order valence-electron chi connectivity index (χ1n) is 6.54. The summed E-state index contributed by atoms with van der Waals surface area (Å²) in [6, 6.07) is 0. The lowest BCUT2D eigenvalue weighted by Gasteiger charge is -2.23. The number of carboxylic acids is 1. The fraction of sp³-hybridized carbons (Fsp3) is 0.500. The van der Waals surface area contributed by atoms with E-state index in [2.05, 4.69) is 35.6 Å². The summed E-state index contributed by atoms with van der Waals surface area (Å²) in [7, 11) is 0. The van der Waals surface area contributed by atoms with Crippen LogP contribution in [0.2, 0.25) is 0 Å². The second-order valence-electron chi connectivity index (χ2n) is 4.54. The quantitative estimate of drug-likeness (QED) is 0.765. The molecule has 0 radical (unpaired) electrons. The van der Waals surface area contributed by atoms with E-state index in [0.717, 1.165) is 25.6 Å². The number of nitrogens with zero attached hydrogens (tertiary/aromatic N) is 3. The first kappa shape index (κ1) is 15.1. The second-order valence-corrected chi connectivity index (χ2v) is 4.54. The predicted octanol–water partition coefficient (Wildman–Crippen LogP) is 2.45. The third-order valence-corrected chi connectivity index (χ3v) is 2.97. The molecule has 1 N–H and O–H groups in total. The van der Waals surface area contributed by atoms with Crippen molar-refractivity contribution in [3.8, 4) is 0 Å². The molecule has 1 atom stereocenters. The van der Waals surface area contributed by atoms with Gasteiger partial charge in [-0.2, -0.15) is 0 Å². The molecule has 1 heterocycles. The van der Waals surface area contributed by atoms with Gasteiger partial charge in [0.15, 0.2) is 0 Å². The minimum Gasteiger partial charge on any atom is -0.478 e. The summed E-state index contributed by atoms with van der Waals surface area (Å²) in [5, 5.41) is 8.55. The van der Waals surface area contributed by atoms with Crippen LogP contribution in [0.25, 0.3) is 6.08 Å². The van der Waals surface area contributed by atoms with E-state index in [1.165, 1.54) is 6.08 Å². The largest absolute Gasteiger partial charge is 0.478 e. The minimum absolute atomic E-state index is 0.593. The Morgan fingerprint density at radius 3 is 2.53 bits per heavy atom. The maximum Gasteiger partial charge on any atom is 0.328 e. The van der Waals surface area contributed by atoms with E-state index in [4.69, 9.17) is 5.11 Å². The van der Waals surface area contributed by atoms with Crippen LogP contribution in [0.15, 0.2) is 18.5 Å². The highest BCUT2D eigenvalue weighted by atomic mass is 16.4. The van der Waals surface area contributed by atoms with Crippen LogP contribution in [-0.4, -0.2) is 34.1 Å². The summed E-state index contributed by atoms with van der Waals surface area (Å²) in [6.07, 6.45) is 6.96. The van der Waals surface area contributed by atoms with Gasteiger partial charge in [0.1, 0.15) is 0 Å². The highest BCUT2D eigenvalue weighted by molar-refractivity contribution is 5.85. The van der Waals surface area contributed by atoms with E-state index in [1.54, 1.807) is 12.4 Å². The first-order chi connectivity index (χ1) is 9.06. The van der Waals surface area contributed by atoms with Gasteiger partial charge in [-0.1, -0.05) is 20.3 Å². The molecule has 5 nitrogen and oxygen atoms in total. The summed E-state index contributed by atoms with van der Waals surface area (Å²) in [4.78, 5) is 21.1. The van der Waals surface area contributed by atoms with Gasteiger partial charge in [0.05, 0.1) is 0 Å². The Morgan fingerprint density at radius 1 is 1.42 bits per heavy atom. The van der Waals surface area contributed by atoms with Gasteiger partial charge < -0.3 is 10.0 Å². The normalized spacial score (nSPS) is 12.6. The van der Waals surface area contributed by atoms with Crippen molar-refractivity contribution in [2.24, 2.45) is 5.92 Å². The first-order valence-corrected chi connectivity index (χ1v) is 6.54. The number of carbonyl (C=O) groups is 1. The molecule has 0 saturated carbocycles. The number of anilines is 1. The zero-order valence-electron chi connectivity index (χ0n) is 11.7. The summed E-state index contributed by atoms with van der Waals surface area (Å²) < 4.78 is 0. The van der Waals surface area contributed by atoms with Crippen molar-refractivity contribution in [3.05, 3.63) is 24.0 Å². The molecule has 0 aromatic carbocycles. The van der Waals surface area contributed by atoms with E-state index in [9.17, 15) is 4.79 Å². The molecule has 1 aromatic rings. The topological polar surface area (TPSA) is 66.3 Å². The van der Waals surface area contributed by atoms with Crippen LogP contribution in [-0.2, 0) is 4.79 Å². The number of aliphatic carboxylic acids is 1. The van der Waals surface area contributed by atoms with Crippen molar-refractivity contribution in [2.45, 2.75) is 27.2 Å². The van der Waals surface area contributed by atoms with E-state index in [0.29, 0.717) is 17.4 Å². The third kappa shape index (κ3) is 5.07. The van der Waals surface area contributed by atoms with Gasteiger partial charge in [-0.15, -0.1) is 0 Å². The van der Waals surface area contributed by atoms with Gasteiger partial charge in [0, 0.05) is 37.1 Å². The van der Waals surface area contributed by atoms with Gasteiger partial charge in [-0.3, -0.25) is 0 Å². The Labute approximate surface area is 114 Å². The van der Waals surface area contributed by atoms with Crippen molar-refractivity contribution < 1.29 is 9.90 Å². The van der Waals surface area contributed by atoms with E-state index in [-0.39, 0.29) is 0 Å². The molecule has 0 fully saturated rings. The van der Waals surface area contributed by atoms with Gasteiger partial charge >= 0.3 is 5.97 Å². The van der Waals surface area contributed by atoms with Crippen molar-refractivity contribution in [1.29, 1.82) is 0 Å². The minimum atomic E-state index is -0.976. The second kappa shape index (κ2) is 7.51. The van der Waals surface area contributed by atoms with Gasteiger partial charge in [-0.25, -0.2) is 14.8 Å². The van der Waals surface area contributed by atoms with Crippen molar-refractivity contribution in [3.63, 3.8) is 0 Å². The maximum absolute atomic E-state index is 10.4. The number of carboxylic acid groups (broad SMARTS) is 1. The Hall–Kier alpha value is -1.91. The third-order valence-electron chi connectivity index (χ3n) is 2.97. The fourth-order valence-corrected chi connectivity index (χ4v) is 1.61. The molecule has 1 rings (SSSR count). The number of hydrogen-bond donors (Lipinski definition) is 1. The molecule has 0 aliphatic carbocycles. The maximum atomic E-state index is 10.4. The zero-order valence-corrected chi connectivity index (χ0v) is 11.7. The SMILES string of the molecule is CCC(C)CN(CC)c1ncc(/C=C/C(=O)O)cn1. The van der Waals surface area contributed by atoms with Crippen molar-refractivity contribution >= 4 is 18.0 Å². The standard InChI is InChI=1S/C14H21N3O2/c1-4-11(3)10-17(5-2)14-15-8-12(9-16-14)6-7-13(18)19/h6-9,11H,4-5,10H2,1-3H3,(H,18,19)/b7-6+. The Balaban J connectivity index is 2.75. The van der Waals surface area contributed by atoms with Gasteiger partial charge in [0.2, 0.25) is 5.95 Å². The van der Waals surface area contributed by atoms with Gasteiger partial charge in [0.25, 0.3) is 0 Å². The monoisotopic (exact) mass is 263 g/mol. The van der Waals surface area contributed by atoms with Crippen LogP contribution >= 0.6 is 0 Å². The summed E-state index contributed by atoms with van der Waals surface area (Å²) in [5.41, 5.74) is 0.686. The number of aromatic nitrogens is 2. The highest BCUT2D eigenvalue weighted by Crippen LogP contribution is 2.12. The molecule has 0 bridgehead atoms. The Kier molecular flexibility index (Phi) is 5.99. The predicted molar refractivity (Wildman–Crippen MR) is 76.0 cm³/mol. The molecule has 0 aliphatic rings. The highest BCUT2D eigenvalue weighted by Gasteiger charge is 2.10. The van der Waals surface area contributed by atoms with E-state index >= 15 is 0 Å². The number of rotatable bonds is 7. The molecule has 1 aromatic heterocycles. The van der Waals surface area contributed by atoms with Crippen molar-refractivity contribution in [2.75, 3.05) is 18.0 Å². The van der Waals surface area contributed by atoms with Crippen LogP contribution in [0.1, 0.15) is 32.8 Å². The van der Waals surface area contributed by atoms with Crippen LogP contribution in [0, 0.1) is 5.92 Å². The molecule has 104 valence electrons. The van der Waals surface area contributed by atoms with Crippen molar-refractivity contribution in [1.82, 2.24) is 9.97 Å². The summed E-state index contributed by atoms with van der Waals surface area (Å²) in [5.74, 6) is 0.307. The van der Waals surface area contributed by atoms with E-state index < -0.39 is 5.97 Å². The number of hydrogen-bond acceptors (Lipinski definition) is 4. The Morgan fingerprint density at radius 2 is 2.05 bits per heavy atom. The van der Waals surface area contributed by atoms with Gasteiger partial charge in [-0.05, 0) is 18.9 Å². The molecular weight excluding hydrogens is 242 g/mol. The van der Waals surface area contributed by atoms with Crippen LogP contribution in [0.4, 0.5) is 5.95 Å². The molecule has 0 saturated heterocycles. The van der Waals surface area contributed by atoms with Crippen LogP contribution < -0.4 is 4.90 Å². The zero-order chi connectivity index (χ0) is 14.3. The smallest absolute Gasteiger partial charge is 0.328 e. The molecule has 0 spiro atoms. The van der Waals surface area contributed by atoms with Crippen LogP contribution in [0.3, 0.4) is 0 Å². The summed E-state index contributed by atoms with van der Waals surface area (Å²) >= 11 is 0. The van der Waals surface area contributed by atoms with E-state index in [1.807, 2.05) is 0 Å². The lowest BCUT2D eigenvalue weighted by Crippen LogP contribution is -2.29.